The molecule has 120 valence electrons. The third kappa shape index (κ3) is 2.27. The van der Waals surface area contributed by atoms with E-state index >= 15 is 0 Å². The summed E-state index contributed by atoms with van der Waals surface area (Å²) >= 11 is 0. The summed E-state index contributed by atoms with van der Waals surface area (Å²) in [6, 6.07) is 0. The molecule has 2 spiro atoms. The molecule has 0 radical (unpaired) electrons. The fraction of sp³-hybridized carbons (Fsp3) is 1.00. The maximum atomic E-state index is 6.71. The number of rotatable bonds is 1. The fourth-order valence-corrected chi connectivity index (χ4v) is 5.66. The lowest BCUT2D eigenvalue weighted by molar-refractivity contribution is -0.381. The number of fused-ring (bicyclic) bond motifs is 3. The zero-order valence-corrected chi connectivity index (χ0v) is 13.6. The lowest BCUT2D eigenvalue weighted by Crippen LogP contribution is -2.54. The SMILES string of the molecule is CCC1CC2CC(C)CC(C2)[C@@]12OOC1(CCCCC1)O2. The normalized spacial score (nSPS) is 48.9. The van der Waals surface area contributed by atoms with Crippen molar-refractivity contribution in [1.29, 1.82) is 0 Å². The van der Waals surface area contributed by atoms with Gasteiger partial charge in [0.1, 0.15) is 0 Å². The largest absolute Gasteiger partial charge is 0.312 e. The van der Waals surface area contributed by atoms with E-state index in [9.17, 15) is 0 Å². The molecule has 3 heteroatoms. The zero-order valence-electron chi connectivity index (χ0n) is 13.6. The van der Waals surface area contributed by atoms with Crippen LogP contribution in [0.5, 0.6) is 0 Å². The van der Waals surface area contributed by atoms with Gasteiger partial charge in [-0.05, 0) is 56.8 Å². The van der Waals surface area contributed by atoms with Gasteiger partial charge in [-0.2, -0.15) is 9.78 Å². The molecule has 21 heavy (non-hydrogen) atoms. The first-order valence-corrected chi connectivity index (χ1v) is 9.23. The van der Waals surface area contributed by atoms with Gasteiger partial charge in [-0.3, -0.25) is 0 Å². The van der Waals surface area contributed by atoms with Crippen molar-refractivity contribution in [2.75, 3.05) is 0 Å². The minimum Gasteiger partial charge on any atom is -0.312 e. The molecule has 3 nitrogen and oxygen atoms in total. The molecule has 4 unspecified atom stereocenters. The monoisotopic (exact) mass is 294 g/mol. The lowest BCUT2D eigenvalue weighted by Gasteiger charge is -2.51. The average molecular weight is 294 g/mol. The molecule has 3 aliphatic carbocycles. The molecule has 4 rings (SSSR count). The van der Waals surface area contributed by atoms with Crippen LogP contribution in [0.1, 0.15) is 78.1 Å². The van der Waals surface area contributed by atoms with Gasteiger partial charge in [-0.1, -0.05) is 20.3 Å². The number of ether oxygens (including phenoxy) is 1. The van der Waals surface area contributed by atoms with E-state index in [4.69, 9.17) is 14.5 Å². The Morgan fingerprint density at radius 2 is 1.76 bits per heavy atom. The third-order valence-corrected chi connectivity index (χ3v) is 6.57. The second kappa shape index (κ2) is 5.21. The van der Waals surface area contributed by atoms with Crippen molar-refractivity contribution in [2.45, 2.75) is 89.6 Å². The Hall–Kier alpha value is -0.120. The molecule has 0 aromatic carbocycles. The maximum Gasteiger partial charge on any atom is 0.210 e. The Kier molecular flexibility index (Phi) is 3.59. The molecule has 3 saturated carbocycles. The van der Waals surface area contributed by atoms with E-state index in [0.29, 0.717) is 11.8 Å². The average Bonchev–Trinajstić information content (AvgIpc) is 2.84. The lowest BCUT2D eigenvalue weighted by atomic mass is 9.61. The van der Waals surface area contributed by atoms with Gasteiger partial charge in [0.25, 0.3) is 0 Å². The van der Waals surface area contributed by atoms with E-state index in [2.05, 4.69) is 13.8 Å². The van der Waals surface area contributed by atoms with Crippen molar-refractivity contribution < 1.29 is 14.5 Å². The summed E-state index contributed by atoms with van der Waals surface area (Å²) in [6.07, 6.45) is 12.1. The zero-order chi connectivity index (χ0) is 14.5. The molecule has 0 N–H and O–H groups in total. The van der Waals surface area contributed by atoms with Crippen LogP contribution in [0, 0.1) is 23.7 Å². The quantitative estimate of drug-likeness (QED) is 0.650. The van der Waals surface area contributed by atoms with Crippen molar-refractivity contribution in [3.05, 3.63) is 0 Å². The van der Waals surface area contributed by atoms with Crippen LogP contribution in [0.25, 0.3) is 0 Å². The summed E-state index contributed by atoms with van der Waals surface area (Å²) < 4.78 is 6.71. The van der Waals surface area contributed by atoms with E-state index in [1.165, 1.54) is 44.9 Å². The third-order valence-electron chi connectivity index (χ3n) is 6.57. The van der Waals surface area contributed by atoms with Gasteiger partial charge in [0.2, 0.25) is 11.6 Å². The highest BCUT2D eigenvalue weighted by atomic mass is 17.3. The van der Waals surface area contributed by atoms with Gasteiger partial charge in [-0.25, -0.2) is 0 Å². The molecule has 0 aromatic rings. The molecule has 0 aromatic heterocycles. The van der Waals surface area contributed by atoms with Crippen LogP contribution in [0.4, 0.5) is 0 Å². The summed E-state index contributed by atoms with van der Waals surface area (Å²) in [5.41, 5.74) is 0. The molecule has 0 amide bonds. The Morgan fingerprint density at radius 1 is 0.952 bits per heavy atom. The van der Waals surface area contributed by atoms with E-state index in [1.807, 2.05) is 0 Å². The predicted octanol–water partition coefficient (Wildman–Crippen LogP) is 4.80. The number of hydrogen-bond acceptors (Lipinski definition) is 3. The second-order valence-corrected chi connectivity index (χ2v) is 8.18. The molecule has 5 atom stereocenters. The first-order valence-electron chi connectivity index (χ1n) is 9.23. The Labute approximate surface area is 128 Å². The molecule has 2 bridgehead atoms. The summed E-state index contributed by atoms with van der Waals surface area (Å²) in [5.74, 6) is 1.88. The van der Waals surface area contributed by atoms with Crippen molar-refractivity contribution in [1.82, 2.24) is 0 Å². The van der Waals surface area contributed by atoms with Crippen LogP contribution in [-0.4, -0.2) is 11.6 Å². The van der Waals surface area contributed by atoms with Crippen molar-refractivity contribution in [3.63, 3.8) is 0 Å². The predicted molar refractivity (Wildman–Crippen MR) is 80.2 cm³/mol. The summed E-state index contributed by atoms with van der Waals surface area (Å²) in [6.45, 7) is 4.68. The van der Waals surface area contributed by atoms with E-state index < -0.39 is 11.6 Å². The van der Waals surface area contributed by atoms with Crippen molar-refractivity contribution in [2.24, 2.45) is 23.7 Å². The van der Waals surface area contributed by atoms with E-state index in [0.717, 1.165) is 31.1 Å². The van der Waals surface area contributed by atoms with Crippen LogP contribution < -0.4 is 0 Å². The molecule has 4 aliphatic rings. The molecule has 1 heterocycles. The van der Waals surface area contributed by atoms with Crippen LogP contribution in [0.3, 0.4) is 0 Å². The highest BCUT2D eigenvalue weighted by Gasteiger charge is 2.63. The van der Waals surface area contributed by atoms with Gasteiger partial charge in [0, 0.05) is 24.7 Å². The standard InChI is InChI=1S/C18H30O3/c1-3-15-11-14-9-13(2)10-16(12-14)18(15)19-17(20-21-18)7-5-4-6-8-17/h13-16H,3-12H2,1-2H3/t13?,14?,15?,16?,18-/m0/s1. The molecular weight excluding hydrogens is 264 g/mol. The van der Waals surface area contributed by atoms with Crippen LogP contribution in [0.15, 0.2) is 0 Å². The smallest absolute Gasteiger partial charge is 0.210 e. The summed E-state index contributed by atoms with van der Waals surface area (Å²) in [4.78, 5) is 12.0. The summed E-state index contributed by atoms with van der Waals surface area (Å²) in [5, 5.41) is 0. The van der Waals surface area contributed by atoms with Crippen molar-refractivity contribution in [3.8, 4) is 0 Å². The van der Waals surface area contributed by atoms with Gasteiger partial charge in [-0.15, -0.1) is 0 Å². The van der Waals surface area contributed by atoms with Crippen LogP contribution in [0.2, 0.25) is 0 Å². The van der Waals surface area contributed by atoms with Crippen LogP contribution >= 0.6 is 0 Å². The first kappa shape index (κ1) is 14.5. The van der Waals surface area contributed by atoms with Gasteiger partial charge in [0.05, 0.1) is 0 Å². The molecule has 1 aliphatic heterocycles. The minimum atomic E-state index is -0.433. The number of hydrogen-bond donors (Lipinski definition) is 0. The van der Waals surface area contributed by atoms with Crippen LogP contribution in [-0.2, 0) is 14.5 Å². The Balaban J connectivity index is 1.61. The fourth-order valence-electron chi connectivity index (χ4n) is 5.66. The first-order chi connectivity index (χ1) is 10.2. The van der Waals surface area contributed by atoms with E-state index in [-0.39, 0.29) is 0 Å². The van der Waals surface area contributed by atoms with Crippen molar-refractivity contribution >= 4 is 0 Å². The van der Waals surface area contributed by atoms with Gasteiger partial charge in [0.15, 0.2) is 0 Å². The summed E-state index contributed by atoms with van der Waals surface area (Å²) in [7, 11) is 0. The topological polar surface area (TPSA) is 27.7 Å². The Morgan fingerprint density at radius 3 is 2.52 bits per heavy atom. The minimum absolute atomic E-state index is 0.417. The van der Waals surface area contributed by atoms with E-state index in [1.54, 1.807) is 0 Å². The van der Waals surface area contributed by atoms with Gasteiger partial charge < -0.3 is 4.74 Å². The highest BCUT2D eigenvalue weighted by molar-refractivity contribution is 4.99. The second-order valence-electron chi connectivity index (χ2n) is 8.18. The van der Waals surface area contributed by atoms with Gasteiger partial charge >= 0.3 is 0 Å². The molecular formula is C18H30O3. The maximum absolute atomic E-state index is 6.71. The molecule has 4 fully saturated rings. The Bertz CT molecular complexity index is 388. The highest BCUT2D eigenvalue weighted by Crippen LogP contribution is 2.58. The molecule has 1 saturated heterocycles.